The molecule has 1 aromatic rings. The Kier molecular flexibility index (Phi) is 3.44. The molecule has 1 aliphatic heterocycles. The highest BCUT2D eigenvalue weighted by molar-refractivity contribution is 5.77. The van der Waals surface area contributed by atoms with Crippen LogP contribution < -0.4 is 4.74 Å². The quantitative estimate of drug-likeness (QED) is 0.821. The number of carbonyl (C=O) groups excluding carboxylic acids is 1. The minimum absolute atomic E-state index is 0.117. The normalized spacial score (nSPS) is 17.1. The Balaban J connectivity index is 2.41. The van der Waals surface area contributed by atoms with Crippen LogP contribution >= 0.6 is 0 Å². The van der Waals surface area contributed by atoms with Gasteiger partial charge in [-0.3, -0.25) is 4.79 Å². The summed E-state index contributed by atoms with van der Waals surface area (Å²) in [5.74, 6) is 1.14. The molecule has 18 heavy (non-hydrogen) atoms. The summed E-state index contributed by atoms with van der Waals surface area (Å²) >= 11 is 0. The molecule has 98 valence electrons. The second-order valence-electron chi connectivity index (χ2n) is 5.30. The summed E-state index contributed by atoms with van der Waals surface area (Å²) in [5, 5.41) is 0. The summed E-state index contributed by atoms with van der Waals surface area (Å²) in [5.41, 5.74) is 3.30. The summed E-state index contributed by atoms with van der Waals surface area (Å²) in [6.45, 7) is 6.99. The monoisotopic (exact) mass is 248 g/mol. The Hall–Kier alpha value is -1.35. The number of benzene rings is 1. The van der Waals surface area contributed by atoms with Crippen molar-refractivity contribution in [2.24, 2.45) is 0 Å². The van der Waals surface area contributed by atoms with Gasteiger partial charge in [-0.1, -0.05) is 12.1 Å². The van der Waals surface area contributed by atoms with Crippen LogP contribution in [0.5, 0.6) is 5.75 Å². The molecule has 0 N–H and O–H groups in total. The van der Waals surface area contributed by atoms with E-state index < -0.39 is 0 Å². The Morgan fingerprint density at radius 1 is 1.33 bits per heavy atom. The van der Waals surface area contributed by atoms with E-state index in [1.165, 1.54) is 5.56 Å². The van der Waals surface area contributed by atoms with Crippen LogP contribution in [0.4, 0.5) is 0 Å². The molecular formula is C15H20O3. The molecular weight excluding hydrogens is 228 g/mol. The van der Waals surface area contributed by atoms with Crippen LogP contribution in [0.15, 0.2) is 12.1 Å². The fourth-order valence-corrected chi connectivity index (χ4v) is 2.77. The Labute approximate surface area is 108 Å². The molecule has 0 radical (unpaired) electrons. The zero-order valence-corrected chi connectivity index (χ0v) is 11.5. The SMILES string of the molecule is COc1c(C)cc(C2(CC(C)=O)COC2)cc1C. The highest BCUT2D eigenvalue weighted by atomic mass is 16.5. The number of hydrogen-bond donors (Lipinski definition) is 0. The molecule has 1 fully saturated rings. The predicted octanol–water partition coefficient (Wildman–Crippen LogP) is 2.56. The second kappa shape index (κ2) is 4.73. The molecule has 1 saturated heterocycles. The van der Waals surface area contributed by atoms with E-state index >= 15 is 0 Å². The minimum Gasteiger partial charge on any atom is -0.496 e. The summed E-state index contributed by atoms with van der Waals surface area (Å²) in [6.07, 6.45) is 0.554. The number of aryl methyl sites for hydroxylation is 2. The topological polar surface area (TPSA) is 35.5 Å². The van der Waals surface area contributed by atoms with E-state index in [0.717, 1.165) is 16.9 Å². The first-order chi connectivity index (χ1) is 8.48. The third-order valence-corrected chi connectivity index (χ3v) is 3.62. The Bertz CT molecular complexity index is 450. The fourth-order valence-electron chi connectivity index (χ4n) is 2.77. The van der Waals surface area contributed by atoms with Gasteiger partial charge in [0.05, 0.1) is 20.3 Å². The molecule has 3 nitrogen and oxygen atoms in total. The molecule has 2 rings (SSSR count). The lowest BCUT2D eigenvalue weighted by Crippen LogP contribution is -2.48. The van der Waals surface area contributed by atoms with Crippen molar-refractivity contribution in [3.63, 3.8) is 0 Å². The first-order valence-electron chi connectivity index (χ1n) is 6.21. The van der Waals surface area contributed by atoms with Gasteiger partial charge in [0.2, 0.25) is 0 Å². The predicted molar refractivity (Wildman–Crippen MR) is 70.3 cm³/mol. The average Bonchev–Trinajstić information content (AvgIpc) is 2.22. The van der Waals surface area contributed by atoms with Crippen molar-refractivity contribution in [3.05, 3.63) is 28.8 Å². The first-order valence-corrected chi connectivity index (χ1v) is 6.21. The van der Waals surface area contributed by atoms with Crippen LogP contribution in [-0.4, -0.2) is 26.1 Å². The average molecular weight is 248 g/mol. The van der Waals surface area contributed by atoms with Crippen molar-refractivity contribution < 1.29 is 14.3 Å². The van der Waals surface area contributed by atoms with Crippen molar-refractivity contribution in [3.8, 4) is 5.75 Å². The van der Waals surface area contributed by atoms with E-state index in [-0.39, 0.29) is 11.2 Å². The zero-order chi connectivity index (χ0) is 13.3. The van der Waals surface area contributed by atoms with Gasteiger partial charge in [0.25, 0.3) is 0 Å². The lowest BCUT2D eigenvalue weighted by molar-refractivity contribution is -0.125. The summed E-state index contributed by atoms with van der Waals surface area (Å²) in [6, 6.07) is 4.24. The summed E-state index contributed by atoms with van der Waals surface area (Å²) in [7, 11) is 1.69. The second-order valence-corrected chi connectivity index (χ2v) is 5.30. The molecule has 0 saturated carbocycles. The van der Waals surface area contributed by atoms with Gasteiger partial charge in [-0.15, -0.1) is 0 Å². The van der Waals surface area contributed by atoms with Crippen molar-refractivity contribution in [2.45, 2.75) is 32.6 Å². The van der Waals surface area contributed by atoms with Crippen LogP contribution in [0.3, 0.4) is 0 Å². The third kappa shape index (κ3) is 2.15. The van der Waals surface area contributed by atoms with Crippen LogP contribution in [0.25, 0.3) is 0 Å². The van der Waals surface area contributed by atoms with Gasteiger partial charge in [-0.25, -0.2) is 0 Å². The molecule has 0 unspecified atom stereocenters. The third-order valence-electron chi connectivity index (χ3n) is 3.62. The van der Waals surface area contributed by atoms with Gasteiger partial charge in [0, 0.05) is 11.8 Å². The van der Waals surface area contributed by atoms with Crippen molar-refractivity contribution >= 4 is 5.78 Å². The Morgan fingerprint density at radius 2 is 1.89 bits per heavy atom. The van der Waals surface area contributed by atoms with Crippen LogP contribution in [0.2, 0.25) is 0 Å². The number of methoxy groups -OCH3 is 1. The number of rotatable bonds is 4. The van der Waals surface area contributed by atoms with Gasteiger partial charge in [0.1, 0.15) is 11.5 Å². The van der Waals surface area contributed by atoms with E-state index in [9.17, 15) is 4.79 Å². The van der Waals surface area contributed by atoms with E-state index in [0.29, 0.717) is 19.6 Å². The van der Waals surface area contributed by atoms with Crippen LogP contribution in [0, 0.1) is 13.8 Å². The molecule has 1 aromatic carbocycles. The number of hydrogen-bond acceptors (Lipinski definition) is 3. The number of Topliss-reactive ketones (excluding diaryl/α,β-unsaturated/α-hetero) is 1. The number of ether oxygens (including phenoxy) is 2. The Morgan fingerprint density at radius 3 is 2.22 bits per heavy atom. The van der Waals surface area contributed by atoms with E-state index in [1.807, 2.05) is 13.8 Å². The van der Waals surface area contributed by atoms with Crippen molar-refractivity contribution in [1.82, 2.24) is 0 Å². The van der Waals surface area contributed by atoms with E-state index in [2.05, 4.69) is 12.1 Å². The molecule has 0 spiro atoms. The van der Waals surface area contributed by atoms with E-state index in [4.69, 9.17) is 9.47 Å². The lowest BCUT2D eigenvalue weighted by atomic mass is 9.74. The van der Waals surface area contributed by atoms with Gasteiger partial charge in [-0.2, -0.15) is 0 Å². The maximum atomic E-state index is 11.4. The largest absolute Gasteiger partial charge is 0.496 e. The smallest absolute Gasteiger partial charge is 0.130 e. The van der Waals surface area contributed by atoms with Crippen molar-refractivity contribution in [1.29, 1.82) is 0 Å². The minimum atomic E-state index is -0.117. The van der Waals surface area contributed by atoms with Crippen LogP contribution in [-0.2, 0) is 14.9 Å². The molecule has 0 amide bonds. The van der Waals surface area contributed by atoms with Gasteiger partial charge in [-0.05, 0) is 37.5 Å². The standard InChI is InChI=1S/C15H20O3/c1-10-5-13(6-11(2)14(10)17-4)15(7-12(3)16)8-18-9-15/h5-6H,7-9H2,1-4H3. The molecule has 0 aliphatic carbocycles. The van der Waals surface area contributed by atoms with Gasteiger partial charge in [0.15, 0.2) is 0 Å². The molecule has 0 atom stereocenters. The highest BCUT2D eigenvalue weighted by Gasteiger charge is 2.41. The molecule has 1 heterocycles. The van der Waals surface area contributed by atoms with Gasteiger partial charge < -0.3 is 9.47 Å². The molecule has 3 heteroatoms. The first kappa shape index (κ1) is 13.1. The van der Waals surface area contributed by atoms with Crippen molar-refractivity contribution in [2.75, 3.05) is 20.3 Å². The molecule has 0 aromatic heterocycles. The molecule has 1 aliphatic rings. The highest BCUT2D eigenvalue weighted by Crippen LogP contribution is 2.39. The fraction of sp³-hybridized carbons (Fsp3) is 0.533. The maximum Gasteiger partial charge on any atom is 0.130 e. The maximum absolute atomic E-state index is 11.4. The number of carbonyl (C=O) groups is 1. The summed E-state index contributed by atoms with van der Waals surface area (Å²) in [4.78, 5) is 11.4. The lowest BCUT2D eigenvalue weighted by Gasteiger charge is -2.42. The number of ketones is 1. The molecule has 0 bridgehead atoms. The van der Waals surface area contributed by atoms with E-state index in [1.54, 1.807) is 14.0 Å². The van der Waals surface area contributed by atoms with Gasteiger partial charge >= 0.3 is 0 Å². The zero-order valence-electron chi connectivity index (χ0n) is 11.5. The summed E-state index contributed by atoms with van der Waals surface area (Å²) < 4.78 is 10.7. The van der Waals surface area contributed by atoms with Crippen LogP contribution in [0.1, 0.15) is 30.0 Å².